The van der Waals surface area contributed by atoms with E-state index in [0.29, 0.717) is 0 Å². The van der Waals surface area contributed by atoms with Crippen LogP contribution in [0.15, 0.2) is 24.3 Å². The monoisotopic (exact) mass is 299 g/mol. The van der Waals surface area contributed by atoms with E-state index in [1.165, 1.54) is 25.0 Å². The van der Waals surface area contributed by atoms with Gasteiger partial charge in [-0.25, -0.2) is 0 Å². The van der Waals surface area contributed by atoms with Crippen LogP contribution in [0.25, 0.3) is 0 Å². The first kappa shape index (κ1) is 16.3. The molecule has 0 aliphatic heterocycles. The summed E-state index contributed by atoms with van der Waals surface area (Å²) in [5, 5.41) is 3.51. The summed E-state index contributed by atoms with van der Waals surface area (Å²) in [6.45, 7) is 5.07. The molecule has 21 heavy (non-hydrogen) atoms. The second-order valence-electron chi connectivity index (χ2n) is 6.03. The van der Waals surface area contributed by atoms with Crippen LogP contribution in [-0.2, 0) is 6.18 Å². The number of hydrogen-bond acceptors (Lipinski definition) is 1. The number of benzene rings is 1. The Morgan fingerprint density at radius 2 is 1.67 bits per heavy atom. The molecular formula is C17H24F3N. The van der Waals surface area contributed by atoms with E-state index >= 15 is 0 Å². The van der Waals surface area contributed by atoms with Gasteiger partial charge in [0.15, 0.2) is 0 Å². The van der Waals surface area contributed by atoms with Crippen molar-refractivity contribution in [2.75, 3.05) is 6.54 Å². The molecule has 1 N–H and O–H groups in total. The summed E-state index contributed by atoms with van der Waals surface area (Å²) < 4.78 is 38.1. The van der Waals surface area contributed by atoms with Gasteiger partial charge in [-0.1, -0.05) is 38.8 Å². The summed E-state index contributed by atoms with van der Waals surface area (Å²) >= 11 is 0. The minimum absolute atomic E-state index is 0.150. The van der Waals surface area contributed by atoms with Gasteiger partial charge in [0, 0.05) is 6.04 Å². The maximum Gasteiger partial charge on any atom is 0.416 e. The molecule has 1 aromatic rings. The van der Waals surface area contributed by atoms with Crippen molar-refractivity contribution in [3.63, 3.8) is 0 Å². The predicted octanol–water partition coefficient (Wildman–Crippen LogP) is 5.33. The lowest BCUT2D eigenvalue weighted by atomic mass is 9.73. The van der Waals surface area contributed by atoms with Crippen LogP contribution in [0.2, 0.25) is 0 Å². The molecule has 0 aromatic heterocycles. The lowest BCUT2D eigenvalue weighted by Crippen LogP contribution is -2.36. The third-order valence-corrected chi connectivity index (χ3v) is 4.90. The molecule has 1 nitrogen and oxygen atoms in total. The van der Waals surface area contributed by atoms with Crippen molar-refractivity contribution in [3.8, 4) is 0 Å². The van der Waals surface area contributed by atoms with E-state index in [1.807, 2.05) is 0 Å². The van der Waals surface area contributed by atoms with Crippen molar-refractivity contribution in [2.45, 2.75) is 58.2 Å². The van der Waals surface area contributed by atoms with E-state index in [4.69, 9.17) is 0 Å². The van der Waals surface area contributed by atoms with Crippen molar-refractivity contribution in [1.29, 1.82) is 0 Å². The largest absolute Gasteiger partial charge is 0.416 e. The van der Waals surface area contributed by atoms with Crippen LogP contribution in [0.3, 0.4) is 0 Å². The minimum Gasteiger partial charge on any atom is -0.310 e. The van der Waals surface area contributed by atoms with Crippen molar-refractivity contribution >= 4 is 0 Å². The zero-order valence-electron chi connectivity index (χ0n) is 12.8. The van der Waals surface area contributed by atoms with Crippen LogP contribution in [0.4, 0.5) is 13.2 Å². The van der Waals surface area contributed by atoms with Crippen LogP contribution >= 0.6 is 0 Å². The van der Waals surface area contributed by atoms with Gasteiger partial charge < -0.3 is 5.32 Å². The summed E-state index contributed by atoms with van der Waals surface area (Å²) in [5.74, 6) is 0. The van der Waals surface area contributed by atoms with Crippen LogP contribution in [0.1, 0.15) is 63.1 Å². The van der Waals surface area contributed by atoms with Crippen LogP contribution < -0.4 is 5.32 Å². The number of nitrogens with one attached hydrogen (secondary N) is 1. The van der Waals surface area contributed by atoms with Gasteiger partial charge in [0.1, 0.15) is 0 Å². The van der Waals surface area contributed by atoms with E-state index in [9.17, 15) is 13.2 Å². The molecule has 0 radical (unpaired) electrons. The molecule has 118 valence electrons. The highest BCUT2D eigenvalue weighted by Gasteiger charge is 2.40. The lowest BCUT2D eigenvalue weighted by Gasteiger charge is -2.38. The standard InChI is InChI=1S/C17H24F3N/c1-3-16(11-5-6-12-16)15(21-4-2)13-7-9-14(10-8-13)17(18,19)20/h7-10,15,21H,3-6,11-12H2,1-2H3. The van der Waals surface area contributed by atoms with E-state index in [0.717, 1.165) is 31.4 Å². The molecule has 4 heteroatoms. The Balaban J connectivity index is 2.30. The Morgan fingerprint density at radius 1 is 1.10 bits per heavy atom. The maximum absolute atomic E-state index is 12.7. The Kier molecular flexibility index (Phi) is 4.97. The molecule has 2 rings (SSSR count). The Hall–Kier alpha value is -1.03. The molecule has 1 aromatic carbocycles. The molecule has 0 amide bonds. The Morgan fingerprint density at radius 3 is 2.10 bits per heavy atom. The number of alkyl halides is 3. The quantitative estimate of drug-likeness (QED) is 0.775. The Labute approximate surface area is 124 Å². The topological polar surface area (TPSA) is 12.0 Å². The first-order chi connectivity index (χ1) is 9.93. The van der Waals surface area contributed by atoms with Crippen molar-refractivity contribution < 1.29 is 13.2 Å². The van der Waals surface area contributed by atoms with Crippen molar-refractivity contribution in [1.82, 2.24) is 5.32 Å². The van der Waals surface area contributed by atoms with Gasteiger partial charge in [-0.15, -0.1) is 0 Å². The van der Waals surface area contributed by atoms with Crippen LogP contribution in [0.5, 0.6) is 0 Å². The molecule has 1 aliphatic carbocycles. The summed E-state index contributed by atoms with van der Waals surface area (Å²) in [7, 11) is 0. The zero-order chi connectivity index (χ0) is 15.5. The first-order valence-electron chi connectivity index (χ1n) is 7.83. The summed E-state index contributed by atoms with van der Waals surface area (Å²) in [4.78, 5) is 0. The molecule has 0 bridgehead atoms. The molecule has 0 heterocycles. The van der Waals surface area contributed by atoms with Crippen LogP contribution in [-0.4, -0.2) is 6.54 Å². The summed E-state index contributed by atoms with van der Waals surface area (Å²) in [5.41, 5.74) is 0.600. The minimum atomic E-state index is -4.26. The zero-order valence-corrected chi connectivity index (χ0v) is 12.8. The van der Waals surface area contributed by atoms with E-state index < -0.39 is 11.7 Å². The molecule has 1 fully saturated rings. The van der Waals surface area contributed by atoms with Crippen molar-refractivity contribution in [3.05, 3.63) is 35.4 Å². The third-order valence-electron chi connectivity index (χ3n) is 4.90. The molecule has 0 saturated heterocycles. The number of hydrogen-bond donors (Lipinski definition) is 1. The van der Waals surface area contributed by atoms with Crippen LogP contribution in [0, 0.1) is 5.41 Å². The predicted molar refractivity (Wildman–Crippen MR) is 79.1 cm³/mol. The number of rotatable bonds is 5. The van der Waals surface area contributed by atoms with E-state index in [2.05, 4.69) is 19.2 Å². The molecule has 1 unspecified atom stereocenters. The summed E-state index contributed by atoms with van der Waals surface area (Å²) in [6.07, 6.45) is 1.55. The van der Waals surface area contributed by atoms with E-state index in [1.54, 1.807) is 12.1 Å². The first-order valence-corrected chi connectivity index (χ1v) is 7.83. The molecule has 0 spiro atoms. The lowest BCUT2D eigenvalue weighted by molar-refractivity contribution is -0.137. The fraction of sp³-hybridized carbons (Fsp3) is 0.647. The normalized spacial score (nSPS) is 19.7. The molecule has 1 aliphatic rings. The maximum atomic E-state index is 12.7. The van der Waals surface area contributed by atoms with E-state index in [-0.39, 0.29) is 11.5 Å². The van der Waals surface area contributed by atoms with Crippen molar-refractivity contribution in [2.24, 2.45) is 5.41 Å². The SMILES string of the molecule is CCNC(c1ccc(C(F)(F)F)cc1)C1(CC)CCCC1. The smallest absolute Gasteiger partial charge is 0.310 e. The fourth-order valence-corrected chi connectivity index (χ4v) is 3.68. The van der Waals surface area contributed by atoms with Gasteiger partial charge in [0.05, 0.1) is 5.56 Å². The molecule has 1 saturated carbocycles. The Bertz CT molecular complexity index is 444. The third kappa shape index (κ3) is 3.42. The average molecular weight is 299 g/mol. The average Bonchev–Trinajstić information content (AvgIpc) is 2.94. The van der Waals surface area contributed by atoms with Gasteiger partial charge in [-0.05, 0) is 48.9 Å². The van der Waals surface area contributed by atoms with Gasteiger partial charge >= 0.3 is 6.18 Å². The fourth-order valence-electron chi connectivity index (χ4n) is 3.68. The summed E-state index contributed by atoms with van der Waals surface area (Å²) in [6, 6.07) is 5.85. The van der Waals surface area contributed by atoms with Gasteiger partial charge in [-0.2, -0.15) is 13.2 Å². The number of halogens is 3. The van der Waals surface area contributed by atoms with Gasteiger partial charge in [0.25, 0.3) is 0 Å². The molecule has 1 atom stereocenters. The molecular weight excluding hydrogens is 275 g/mol. The second kappa shape index (κ2) is 6.39. The highest BCUT2D eigenvalue weighted by Crippen LogP contribution is 2.50. The van der Waals surface area contributed by atoms with Gasteiger partial charge in [-0.3, -0.25) is 0 Å². The highest BCUT2D eigenvalue weighted by molar-refractivity contribution is 5.28. The second-order valence-corrected chi connectivity index (χ2v) is 6.03. The highest BCUT2D eigenvalue weighted by atomic mass is 19.4. The van der Waals surface area contributed by atoms with Gasteiger partial charge in [0.2, 0.25) is 0 Å².